The van der Waals surface area contributed by atoms with E-state index in [0.29, 0.717) is 5.69 Å². The lowest BCUT2D eigenvalue weighted by Crippen LogP contribution is -2.32. The van der Waals surface area contributed by atoms with Crippen molar-refractivity contribution in [2.45, 2.75) is 18.9 Å². The quantitative estimate of drug-likeness (QED) is 0.795. The van der Waals surface area contributed by atoms with Gasteiger partial charge in [0.05, 0.1) is 17.1 Å². The predicted molar refractivity (Wildman–Crippen MR) is 95.4 cm³/mol. The number of rotatable bonds is 3. The third-order valence-electron chi connectivity index (χ3n) is 4.57. The molecule has 1 N–H and O–H groups in total. The van der Waals surface area contributed by atoms with Gasteiger partial charge >= 0.3 is 0 Å². The number of hydrogen-bond acceptors (Lipinski definition) is 5. The van der Waals surface area contributed by atoms with E-state index >= 15 is 0 Å². The number of benzene rings is 1. The van der Waals surface area contributed by atoms with Gasteiger partial charge in [-0.3, -0.25) is 4.79 Å². The highest BCUT2D eigenvalue weighted by molar-refractivity contribution is 7.13. The number of amides is 1. The van der Waals surface area contributed by atoms with Gasteiger partial charge in [-0.2, -0.15) is 0 Å². The van der Waals surface area contributed by atoms with Gasteiger partial charge in [-0.05, 0) is 25.0 Å². The van der Waals surface area contributed by atoms with Gasteiger partial charge in [-0.15, -0.1) is 11.3 Å². The lowest BCUT2D eigenvalue weighted by Gasteiger charge is -2.23. The zero-order valence-electron chi connectivity index (χ0n) is 13.7. The van der Waals surface area contributed by atoms with Crippen molar-refractivity contribution in [2.75, 3.05) is 18.9 Å². The summed E-state index contributed by atoms with van der Waals surface area (Å²) in [6.07, 6.45) is 1.93. The van der Waals surface area contributed by atoms with Gasteiger partial charge in [0.15, 0.2) is 5.13 Å². The minimum Gasteiger partial charge on any atom is -0.365 e. The number of carbonyl (C=O) groups is 1. The molecule has 3 aromatic rings. The van der Waals surface area contributed by atoms with Crippen molar-refractivity contribution in [2.24, 2.45) is 7.05 Å². The molecule has 1 aliphatic rings. The van der Waals surface area contributed by atoms with Crippen molar-refractivity contribution < 1.29 is 4.79 Å². The molecule has 3 heterocycles. The summed E-state index contributed by atoms with van der Waals surface area (Å²) in [5.41, 5.74) is 2.58. The Morgan fingerprint density at radius 3 is 2.92 bits per heavy atom. The molecule has 4 rings (SSSR count). The van der Waals surface area contributed by atoms with E-state index < -0.39 is 0 Å². The first-order chi connectivity index (χ1) is 11.7. The fraction of sp³-hybridized carbons (Fsp3) is 0.353. The van der Waals surface area contributed by atoms with Crippen LogP contribution < -0.4 is 5.32 Å². The van der Waals surface area contributed by atoms with Crippen molar-refractivity contribution in [1.29, 1.82) is 0 Å². The van der Waals surface area contributed by atoms with E-state index in [9.17, 15) is 4.79 Å². The molecule has 0 radical (unpaired) electrons. The molecule has 2 aromatic heterocycles. The summed E-state index contributed by atoms with van der Waals surface area (Å²) in [6, 6.07) is 8.09. The fourth-order valence-corrected chi connectivity index (χ4v) is 4.02. The standard InChI is InChI=1S/C17H19N5OS/c1-18-17-20-12(10-24-17)16(23)22-9-5-8-14(22)15-19-11-6-3-4-7-13(11)21(15)2/h3-4,6-7,10,14H,5,8-9H2,1-2H3,(H,18,20)/t14-/m1/s1. The first-order valence-corrected chi connectivity index (χ1v) is 8.92. The van der Waals surface area contributed by atoms with E-state index in [4.69, 9.17) is 4.98 Å². The first kappa shape index (κ1) is 15.1. The molecule has 1 aromatic carbocycles. The van der Waals surface area contributed by atoms with Gasteiger partial charge < -0.3 is 14.8 Å². The Bertz CT molecular complexity index is 899. The molecular formula is C17H19N5OS. The number of para-hydroxylation sites is 2. The molecule has 0 unspecified atom stereocenters. The number of thiazole rings is 1. The normalized spacial score (nSPS) is 17.6. The number of imidazole rings is 1. The van der Waals surface area contributed by atoms with Gasteiger partial charge in [0.1, 0.15) is 11.5 Å². The molecule has 0 aliphatic carbocycles. The van der Waals surface area contributed by atoms with Crippen molar-refractivity contribution in [1.82, 2.24) is 19.4 Å². The molecule has 1 fully saturated rings. The lowest BCUT2D eigenvalue weighted by molar-refractivity contribution is 0.0723. The number of anilines is 1. The van der Waals surface area contributed by atoms with Crippen LogP contribution in [0.5, 0.6) is 0 Å². The Morgan fingerprint density at radius 1 is 1.33 bits per heavy atom. The van der Waals surface area contributed by atoms with E-state index in [0.717, 1.165) is 41.4 Å². The number of nitrogens with zero attached hydrogens (tertiary/aromatic N) is 4. The zero-order valence-corrected chi connectivity index (χ0v) is 14.5. The minimum absolute atomic E-state index is 0.00892. The SMILES string of the molecule is CNc1nc(C(=O)N2CCC[C@@H]2c2nc3ccccc3n2C)cs1. The highest BCUT2D eigenvalue weighted by Gasteiger charge is 2.34. The molecule has 0 bridgehead atoms. The van der Waals surface area contributed by atoms with Crippen LogP contribution in [-0.4, -0.2) is 38.9 Å². The van der Waals surface area contributed by atoms with Crippen molar-refractivity contribution in [3.8, 4) is 0 Å². The monoisotopic (exact) mass is 341 g/mol. The molecule has 6 nitrogen and oxygen atoms in total. The Kier molecular flexibility index (Phi) is 3.72. The molecule has 24 heavy (non-hydrogen) atoms. The summed E-state index contributed by atoms with van der Waals surface area (Å²) in [5, 5.41) is 5.56. The van der Waals surface area contributed by atoms with Crippen LogP contribution in [-0.2, 0) is 7.05 Å². The smallest absolute Gasteiger partial charge is 0.274 e. The summed E-state index contributed by atoms with van der Waals surface area (Å²) in [5.74, 6) is 0.938. The maximum Gasteiger partial charge on any atom is 0.274 e. The number of aryl methyl sites for hydroxylation is 1. The van der Waals surface area contributed by atoms with Crippen molar-refractivity contribution >= 4 is 33.4 Å². The van der Waals surface area contributed by atoms with Crippen LogP contribution in [0.15, 0.2) is 29.6 Å². The molecule has 1 saturated heterocycles. The fourth-order valence-electron chi connectivity index (χ4n) is 3.37. The van der Waals surface area contributed by atoms with Gasteiger partial charge in [-0.25, -0.2) is 9.97 Å². The van der Waals surface area contributed by atoms with Crippen molar-refractivity contribution in [3.63, 3.8) is 0 Å². The average molecular weight is 341 g/mol. The molecule has 0 saturated carbocycles. The van der Waals surface area contributed by atoms with Crippen LogP contribution in [0.4, 0.5) is 5.13 Å². The van der Waals surface area contributed by atoms with Gasteiger partial charge in [-0.1, -0.05) is 12.1 Å². The van der Waals surface area contributed by atoms with Crippen molar-refractivity contribution in [3.05, 3.63) is 41.2 Å². The molecule has 1 atom stereocenters. The Hall–Kier alpha value is -2.41. The summed E-state index contributed by atoms with van der Waals surface area (Å²) < 4.78 is 2.10. The predicted octanol–water partition coefficient (Wildman–Crippen LogP) is 3.05. The minimum atomic E-state index is -0.0118. The van der Waals surface area contributed by atoms with E-state index in [-0.39, 0.29) is 11.9 Å². The van der Waals surface area contributed by atoms with Crippen LogP contribution >= 0.6 is 11.3 Å². The molecular weight excluding hydrogens is 322 g/mol. The third-order valence-corrected chi connectivity index (χ3v) is 5.43. The molecule has 124 valence electrons. The maximum absolute atomic E-state index is 12.9. The van der Waals surface area contributed by atoms with Crippen LogP contribution in [0.1, 0.15) is 35.2 Å². The van der Waals surface area contributed by atoms with E-state index in [2.05, 4.69) is 20.9 Å². The number of hydrogen-bond donors (Lipinski definition) is 1. The topological polar surface area (TPSA) is 63.1 Å². The number of likely N-dealkylation sites (tertiary alicyclic amines) is 1. The van der Waals surface area contributed by atoms with Crippen LogP contribution in [0.25, 0.3) is 11.0 Å². The van der Waals surface area contributed by atoms with E-state index in [1.165, 1.54) is 11.3 Å². The lowest BCUT2D eigenvalue weighted by atomic mass is 10.2. The van der Waals surface area contributed by atoms with E-state index in [1.807, 2.05) is 42.6 Å². The van der Waals surface area contributed by atoms with E-state index in [1.54, 1.807) is 0 Å². The molecule has 0 spiro atoms. The van der Waals surface area contributed by atoms with Crippen LogP contribution in [0.3, 0.4) is 0 Å². The number of carbonyl (C=O) groups excluding carboxylic acids is 1. The highest BCUT2D eigenvalue weighted by atomic mass is 32.1. The summed E-state index contributed by atoms with van der Waals surface area (Å²) in [6.45, 7) is 0.749. The second kappa shape index (κ2) is 5.90. The average Bonchev–Trinajstić information content (AvgIpc) is 3.33. The molecule has 1 aliphatic heterocycles. The third kappa shape index (κ3) is 2.36. The van der Waals surface area contributed by atoms with Crippen LogP contribution in [0, 0.1) is 0 Å². The second-order valence-electron chi connectivity index (χ2n) is 5.96. The Labute approximate surface area is 144 Å². The maximum atomic E-state index is 12.9. The van der Waals surface area contributed by atoms with Gasteiger partial charge in [0.25, 0.3) is 5.91 Å². The van der Waals surface area contributed by atoms with Gasteiger partial charge in [0, 0.05) is 26.0 Å². The number of fused-ring (bicyclic) bond motifs is 1. The van der Waals surface area contributed by atoms with Gasteiger partial charge in [0.2, 0.25) is 0 Å². The first-order valence-electron chi connectivity index (χ1n) is 8.04. The largest absolute Gasteiger partial charge is 0.365 e. The summed E-state index contributed by atoms with van der Waals surface area (Å²) in [7, 11) is 3.83. The van der Waals surface area contributed by atoms with Crippen LogP contribution in [0.2, 0.25) is 0 Å². The second-order valence-corrected chi connectivity index (χ2v) is 6.82. The summed E-state index contributed by atoms with van der Waals surface area (Å²) >= 11 is 1.45. The highest BCUT2D eigenvalue weighted by Crippen LogP contribution is 2.34. The molecule has 7 heteroatoms. The number of aromatic nitrogens is 3. The Balaban J connectivity index is 1.69. The summed E-state index contributed by atoms with van der Waals surface area (Å²) in [4.78, 5) is 23.9. The molecule has 1 amide bonds. The number of nitrogens with one attached hydrogen (secondary N) is 1. The zero-order chi connectivity index (χ0) is 16.7. The Morgan fingerprint density at radius 2 is 2.17 bits per heavy atom.